The molecule has 0 aliphatic carbocycles. The van der Waals surface area contributed by atoms with Crippen molar-refractivity contribution in [2.45, 2.75) is 33.1 Å². The Morgan fingerprint density at radius 2 is 1.90 bits per heavy atom. The second-order valence-electron chi connectivity index (χ2n) is 5.67. The van der Waals surface area contributed by atoms with Gasteiger partial charge in [-0.15, -0.1) is 0 Å². The fourth-order valence-electron chi connectivity index (χ4n) is 2.95. The van der Waals surface area contributed by atoms with Crippen LogP contribution in [0.25, 0.3) is 0 Å². The summed E-state index contributed by atoms with van der Waals surface area (Å²) in [5, 5.41) is 0. The molecule has 4 heteroatoms. The summed E-state index contributed by atoms with van der Waals surface area (Å²) in [4.78, 5) is 0. The van der Waals surface area contributed by atoms with Gasteiger partial charge in [0.1, 0.15) is 13.2 Å². The van der Waals surface area contributed by atoms with Crippen molar-refractivity contribution in [2.24, 2.45) is 0 Å². The molecule has 2 nitrogen and oxygen atoms in total. The fraction of sp³-hybridized carbons (Fsp3) is 0.625. The SMILES string of the molecule is CC[N+]1(CCOc2ccc(C)cc2F)CCCCC1.[Br-]. The van der Waals surface area contributed by atoms with Gasteiger partial charge in [0.05, 0.1) is 19.6 Å². The van der Waals surface area contributed by atoms with E-state index >= 15 is 0 Å². The molecule has 0 aromatic heterocycles. The summed E-state index contributed by atoms with van der Waals surface area (Å²) >= 11 is 0. The zero-order chi connectivity index (χ0) is 13.7. The van der Waals surface area contributed by atoms with Crippen LogP contribution in [0.1, 0.15) is 31.7 Å². The Morgan fingerprint density at radius 3 is 2.50 bits per heavy atom. The van der Waals surface area contributed by atoms with E-state index in [1.165, 1.54) is 38.4 Å². The molecule has 1 aromatic rings. The quantitative estimate of drug-likeness (QED) is 0.707. The molecule has 1 aliphatic heterocycles. The van der Waals surface area contributed by atoms with Crippen LogP contribution < -0.4 is 21.7 Å². The van der Waals surface area contributed by atoms with Crippen molar-refractivity contribution < 1.29 is 30.6 Å². The Balaban J connectivity index is 0.00000200. The Morgan fingerprint density at radius 1 is 1.20 bits per heavy atom. The number of likely N-dealkylation sites (tertiary alicyclic amines) is 1. The number of hydrogen-bond acceptors (Lipinski definition) is 1. The highest BCUT2D eigenvalue weighted by Crippen LogP contribution is 2.20. The summed E-state index contributed by atoms with van der Waals surface area (Å²) in [6.45, 7) is 9.37. The molecule has 0 saturated carbocycles. The van der Waals surface area contributed by atoms with Crippen LogP contribution in [-0.4, -0.2) is 37.3 Å². The van der Waals surface area contributed by atoms with Crippen LogP contribution in [0.5, 0.6) is 5.75 Å². The molecule has 2 rings (SSSR count). The largest absolute Gasteiger partial charge is 1.00 e. The van der Waals surface area contributed by atoms with E-state index in [1.807, 2.05) is 13.0 Å². The predicted octanol–water partition coefficient (Wildman–Crippen LogP) is 0.538. The third-order valence-corrected chi connectivity index (χ3v) is 4.35. The maximum Gasteiger partial charge on any atom is 0.165 e. The molecule has 1 fully saturated rings. The molecule has 0 N–H and O–H groups in total. The fourth-order valence-corrected chi connectivity index (χ4v) is 2.95. The van der Waals surface area contributed by atoms with Crippen LogP contribution in [0.2, 0.25) is 0 Å². The van der Waals surface area contributed by atoms with Gasteiger partial charge in [0.2, 0.25) is 0 Å². The molecule has 1 aromatic carbocycles. The van der Waals surface area contributed by atoms with E-state index in [0.29, 0.717) is 12.4 Å². The zero-order valence-corrected chi connectivity index (χ0v) is 14.1. The lowest BCUT2D eigenvalue weighted by Gasteiger charge is -2.40. The highest BCUT2D eigenvalue weighted by molar-refractivity contribution is 5.28. The van der Waals surface area contributed by atoms with Crippen molar-refractivity contribution in [3.63, 3.8) is 0 Å². The summed E-state index contributed by atoms with van der Waals surface area (Å²) in [7, 11) is 0. The van der Waals surface area contributed by atoms with Gasteiger partial charge in [0.25, 0.3) is 0 Å². The molecule has 0 atom stereocenters. The van der Waals surface area contributed by atoms with Crippen molar-refractivity contribution in [3.8, 4) is 5.75 Å². The first-order valence-electron chi connectivity index (χ1n) is 7.39. The molecule has 0 spiro atoms. The average Bonchev–Trinajstić information content (AvgIpc) is 2.42. The number of likely N-dealkylation sites (N-methyl/N-ethyl adjacent to an activating group) is 1. The van der Waals surface area contributed by atoms with Gasteiger partial charge in [-0.25, -0.2) is 4.39 Å². The van der Waals surface area contributed by atoms with E-state index in [4.69, 9.17) is 4.74 Å². The Labute approximate surface area is 132 Å². The van der Waals surface area contributed by atoms with Crippen LogP contribution >= 0.6 is 0 Å². The Bertz CT molecular complexity index is 419. The van der Waals surface area contributed by atoms with Gasteiger partial charge in [0, 0.05) is 0 Å². The smallest absolute Gasteiger partial charge is 0.165 e. The second-order valence-corrected chi connectivity index (χ2v) is 5.67. The van der Waals surface area contributed by atoms with Crippen molar-refractivity contribution in [3.05, 3.63) is 29.6 Å². The molecule has 20 heavy (non-hydrogen) atoms. The van der Waals surface area contributed by atoms with E-state index in [9.17, 15) is 4.39 Å². The average molecular weight is 346 g/mol. The van der Waals surface area contributed by atoms with E-state index in [0.717, 1.165) is 23.1 Å². The van der Waals surface area contributed by atoms with E-state index in [2.05, 4.69) is 6.92 Å². The lowest BCUT2D eigenvalue weighted by Crippen LogP contribution is -3.00. The van der Waals surface area contributed by atoms with Crippen molar-refractivity contribution in [1.82, 2.24) is 0 Å². The van der Waals surface area contributed by atoms with Crippen LogP contribution in [-0.2, 0) is 0 Å². The summed E-state index contributed by atoms with van der Waals surface area (Å²) in [5.41, 5.74) is 0.929. The van der Waals surface area contributed by atoms with Crippen molar-refractivity contribution in [1.29, 1.82) is 0 Å². The summed E-state index contributed by atoms with van der Waals surface area (Å²) in [5.74, 6) is 0.138. The molecular formula is C16H25BrFNO. The highest BCUT2D eigenvalue weighted by atomic mass is 79.9. The first kappa shape index (κ1) is 17.4. The zero-order valence-electron chi connectivity index (χ0n) is 12.5. The number of rotatable bonds is 5. The normalized spacial score (nSPS) is 17.4. The van der Waals surface area contributed by atoms with Gasteiger partial charge >= 0.3 is 0 Å². The number of aryl methyl sites for hydroxylation is 1. The predicted molar refractivity (Wildman–Crippen MR) is 75.9 cm³/mol. The molecule has 1 saturated heterocycles. The third kappa shape index (κ3) is 4.45. The van der Waals surface area contributed by atoms with E-state index in [1.54, 1.807) is 6.07 Å². The maximum atomic E-state index is 13.7. The third-order valence-electron chi connectivity index (χ3n) is 4.35. The number of quaternary nitrogens is 1. The minimum atomic E-state index is -0.248. The summed E-state index contributed by atoms with van der Waals surface area (Å²) in [6.07, 6.45) is 3.98. The van der Waals surface area contributed by atoms with Crippen LogP contribution in [0.3, 0.4) is 0 Å². The lowest BCUT2D eigenvalue weighted by atomic mass is 10.1. The molecule has 0 unspecified atom stereocenters. The molecule has 0 radical (unpaired) electrons. The number of piperidine rings is 1. The molecular weight excluding hydrogens is 321 g/mol. The van der Waals surface area contributed by atoms with Gasteiger partial charge < -0.3 is 26.2 Å². The lowest BCUT2D eigenvalue weighted by molar-refractivity contribution is -0.930. The van der Waals surface area contributed by atoms with Crippen molar-refractivity contribution >= 4 is 0 Å². The Hall–Kier alpha value is -0.610. The summed E-state index contributed by atoms with van der Waals surface area (Å²) < 4.78 is 20.4. The first-order valence-corrected chi connectivity index (χ1v) is 7.39. The number of ether oxygens (including phenoxy) is 1. The monoisotopic (exact) mass is 345 g/mol. The summed E-state index contributed by atoms with van der Waals surface area (Å²) in [6, 6.07) is 5.15. The molecule has 114 valence electrons. The minimum Gasteiger partial charge on any atom is -1.00 e. The number of benzene rings is 1. The standard InChI is InChI=1S/C16H25FNO.BrH/c1-3-18(9-5-4-6-10-18)11-12-19-16-8-7-14(2)13-15(16)17;/h7-8,13H,3-6,9-12H2,1-2H3;1H/q+1;/p-1. The molecule has 0 amide bonds. The minimum absolute atomic E-state index is 0. The van der Waals surface area contributed by atoms with Gasteiger partial charge in [-0.1, -0.05) is 6.07 Å². The first-order chi connectivity index (χ1) is 9.15. The van der Waals surface area contributed by atoms with Crippen LogP contribution in [0, 0.1) is 12.7 Å². The molecule has 0 bridgehead atoms. The highest BCUT2D eigenvalue weighted by Gasteiger charge is 2.27. The molecule has 1 heterocycles. The van der Waals surface area contributed by atoms with Gasteiger partial charge in [-0.05, 0) is 50.8 Å². The number of nitrogens with zero attached hydrogens (tertiary/aromatic N) is 1. The second kappa shape index (κ2) is 7.99. The Kier molecular flexibility index (Phi) is 6.96. The van der Waals surface area contributed by atoms with Gasteiger partial charge in [0.15, 0.2) is 11.6 Å². The van der Waals surface area contributed by atoms with Crippen LogP contribution in [0.15, 0.2) is 18.2 Å². The topological polar surface area (TPSA) is 9.23 Å². The van der Waals surface area contributed by atoms with Gasteiger partial charge in [-0.3, -0.25) is 0 Å². The number of halogens is 2. The van der Waals surface area contributed by atoms with E-state index < -0.39 is 0 Å². The van der Waals surface area contributed by atoms with Crippen molar-refractivity contribution in [2.75, 3.05) is 32.8 Å². The maximum absolute atomic E-state index is 13.7. The van der Waals surface area contributed by atoms with E-state index in [-0.39, 0.29) is 22.8 Å². The molecule has 1 aliphatic rings. The number of hydrogen-bond donors (Lipinski definition) is 0. The van der Waals surface area contributed by atoms with Crippen LogP contribution in [0.4, 0.5) is 4.39 Å². The van der Waals surface area contributed by atoms with Gasteiger partial charge in [-0.2, -0.15) is 0 Å².